The smallest absolute Gasteiger partial charge is 0.243 e. The van der Waals surface area contributed by atoms with E-state index in [2.05, 4.69) is 28.7 Å². The van der Waals surface area contributed by atoms with E-state index < -0.39 is 10.0 Å². The molecule has 0 N–H and O–H groups in total. The number of sulfonamides is 1. The maximum Gasteiger partial charge on any atom is 0.243 e. The number of anilines is 1. The van der Waals surface area contributed by atoms with Gasteiger partial charge in [0.1, 0.15) is 11.6 Å². The third kappa shape index (κ3) is 3.97. The number of rotatable bonds is 4. The number of nitrogens with zero attached hydrogens (tertiary/aromatic N) is 4. The summed E-state index contributed by atoms with van der Waals surface area (Å²) in [6, 6.07) is 15.1. The molecule has 0 amide bonds. The second-order valence-electron chi connectivity index (χ2n) is 7.78. The van der Waals surface area contributed by atoms with Crippen molar-refractivity contribution in [3.05, 3.63) is 60.0 Å². The summed E-state index contributed by atoms with van der Waals surface area (Å²) in [6.45, 7) is 8.22. The molecule has 152 valence electrons. The molecule has 0 aliphatic carbocycles. The molecular weight excluding hydrogens is 384 g/mol. The minimum atomic E-state index is -3.51. The molecular formula is C22H26N4O2S. The molecule has 7 heteroatoms. The van der Waals surface area contributed by atoms with Crippen LogP contribution in [-0.2, 0) is 10.0 Å². The Labute approximate surface area is 172 Å². The first-order valence-corrected chi connectivity index (χ1v) is 11.4. The Bertz CT molecular complexity index is 1140. The van der Waals surface area contributed by atoms with Gasteiger partial charge in [0.05, 0.1) is 4.90 Å². The van der Waals surface area contributed by atoms with E-state index >= 15 is 0 Å². The lowest BCUT2D eigenvalue weighted by Crippen LogP contribution is -2.49. The van der Waals surface area contributed by atoms with Crippen molar-refractivity contribution in [3.8, 4) is 0 Å². The summed E-state index contributed by atoms with van der Waals surface area (Å²) in [5, 5.41) is 1.97. The molecule has 4 rings (SSSR count). The van der Waals surface area contributed by atoms with E-state index in [1.807, 2.05) is 43.3 Å². The molecule has 3 aromatic rings. The first-order chi connectivity index (χ1) is 13.8. The summed E-state index contributed by atoms with van der Waals surface area (Å²) < 4.78 is 27.9. The lowest BCUT2D eigenvalue weighted by molar-refractivity contribution is 0.383. The molecule has 1 aromatic heterocycles. The van der Waals surface area contributed by atoms with Crippen molar-refractivity contribution in [3.63, 3.8) is 0 Å². The number of aromatic nitrogens is 2. The Morgan fingerprint density at radius 3 is 2.28 bits per heavy atom. The van der Waals surface area contributed by atoms with Crippen LogP contribution >= 0.6 is 0 Å². The molecule has 0 radical (unpaired) electrons. The van der Waals surface area contributed by atoms with Gasteiger partial charge in [0.2, 0.25) is 10.0 Å². The Morgan fingerprint density at radius 1 is 0.897 bits per heavy atom. The predicted molar refractivity (Wildman–Crippen MR) is 116 cm³/mol. The Kier molecular flexibility index (Phi) is 5.27. The quantitative estimate of drug-likeness (QED) is 0.658. The lowest BCUT2D eigenvalue weighted by Gasteiger charge is -2.35. The topological polar surface area (TPSA) is 66.4 Å². The highest BCUT2D eigenvalue weighted by Gasteiger charge is 2.29. The number of hydrogen-bond donors (Lipinski definition) is 0. The van der Waals surface area contributed by atoms with Crippen molar-refractivity contribution in [1.82, 2.24) is 14.3 Å². The van der Waals surface area contributed by atoms with Gasteiger partial charge in [0, 0.05) is 43.9 Å². The van der Waals surface area contributed by atoms with Crippen LogP contribution in [0.4, 0.5) is 5.82 Å². The van der Waals surface area contributed by atoms with Crippen LogP contribution in [0, 0.1) is 6.92 Å². The minimum Gasteiger partial charge on any atom is -0.354 e. The van der Waals surface area contributed by atoms with E-state index in [0.717, 1.165) is 28.1 Å². The Balaban J connectivity index is 1.53. The van der Waals surface area contributed by atoms with Gasteiger partial charge in [0.15, 0.2) is 0 Å². The molecule has 2 aromatic carbocycles. The van der Waals surface area contributed by atoms with Crippen LogP contribution < -0.4 is 4.90 Å². The number of benzene rings is 2. The standard InChI is InChI=1S/C22H26N4O2S/c1-16(2)22-23-17(3)14-21(24-22)25-10-12-26(13-11-25)29(27,28)20-9-8-18-6-4-5-7-19(18)15-20/h4-9,14-16H,10-13H2,1-3H3. The fourth-order valence-corrected chi connectivity index (χ4v) is 5.09. The molecule has 1 fully saturated rings. The van der Waals surface area contributed by atoms with Gasteiger partial charge in [-0.1, -0.05) is 44.2 Å². The van der Waals surface area contributed by atoms with Crippen molar-refractivity contribution in [2.75, 3.05) is 31.1 Å². The van der Waals surface area contributed by atoms with Gasteiger partial charge in [0.25, 0.3) is 0 Å². The predicted octanol–water partition coefficient (Wildman–Crippen LogP) is 3.57. The second kappa shape index (κ2) is 7.72. The van der Waals surface area contributed by atoms with Crippen molar-refractivity contribution < 1.29 is 8.42 Å². The number of piperazine rings is 1. The third-order valence-electron chi connectivity index (χ3n) is 5.30. The van der Waals surface area contributed by atoms with Crippen LogP contribution in [0.3, 0.4) is 0 Å². The summed E-state index contributed by atoms with van der Waals surface area (Å²) >= 11 is 0. The van der Waals surface area contributed by atoms with E-state index in [1.165, 1.54) is 0 Å². The molecule has 2 heterocycles. The highest BCUT2D eigenvalue weighted by molar-refractivity contribution is 7.89. The summed E-state index contributed by atoms with van der Waals surface area (Å²) in [5.74, 6) is 1.96. The van der Waals surface area contributed by atoms with Gasteiger partial charge in [-0.15, -0.1) is 0 Å². The zero-order valence-electron chi connectivity index (χ0n) is 17.0. The van der Waals surface area contributed by atoms with Crippen molar-refractivity contribution in [1.29, 1.82) is 0 Å². The second-order valence-corrected chi connectivity index (χ2v) is 9.72. The number of aryl methyl sites for hydroxylation is 1. The molecule has 0 atom stereocenters. The van der Waals surface area contributed by atoms with Gasteiger partial charge in [-0.3, -0.25) is 0 Å². The molecule has 0 bridgehead atoms. The molecule has 1 aliphatic heterocycles. The van der Waals surface area contributed by atoms with E-state index in [1.54, 1.807) is 16.4 Å². The number of hydrogen-bond acceptors (Lipinski definition) is 5. The molecule has 0 saturated carbocycles. The number of fused-ring (bicyclic) bond motifs is 1. The molecule has 0 spiro atoms. The fourth-order valence-electron chi connectivity index (χ4n) is 3.63. The van der Waals surface area contributed by atoms with Gasteiger partial charge in [-0.05, 0) is 29.8 Å². The van der Waals surface area contributed by atoms with Crippen LogP contribution in [0.2, 0.25) is 0 Å². The average Bonchev–Trinajstić information content (AvgIpc) is 2.73. The summed E-state index contributed by atoms with van der Waals surface area (Å²) in [5.41, 5.74) is 0.935. The van der Waals surface area contributed by atoms with E-state index in [4.69, 9.17) is 0 Å². The fraction of sp³-hybridized carbons (Fsp3) is 0.364. The monoisotopic (exact) mass is 410 g/mol. The third-order valence-corrected chi connectivity index (χ3v) is 7.19. The maximum absolute atomic E-state index is 13.2. The average molecular weight is 411 g/mol. The van der Waals surface area contributed by atoms with Crippen LogP contribution in [0.5, 0.6) is 0 Å². The molecule has 29 heavy (non-hydrogen) atoms. The van der Waals surface area contributed by atoms with Crippen molar-refractivity contribution in [2.45, 2.75) is 31.6 Å². The Hall–Kier alpha value is -2.51. The van der Waals surface area contributed by atoms with Crippen LogP contribution in [0.1, 0.15) is 31.3 Å². The van der Waals surface area contributed by atoms with Gasteiger partial charge >= 0.3 is 0 Å². The van der Waals surface area contributed by atoms with Crippen molar-refractivity contribution in [2.24, 2.45) is 0 Å². The van der Waals surface area contributed by atoms with Crippen molar-refractivity contribution >= 4 is 26.6 Å². The van der Waals surface area contributed by atoms with Gasteiger partial charge in [-0.25, -0.2) is 18.4 Å². The van der Waals surface area contributed by atoms with Gasteiger partial charge < -0.3 is 4.90 Å². The molecule has 0 unspecified atom stereocenters. The largest absolute Gasteiger partial charge is 0.354 e. The first kappa shape index (κ1) is 19.8. The zero-order valence-corrected chi connectivity index (χ0v) is 17.9. The van der Waals surface area contributed by atoms with E-state index in [0.29, 0.717) is 31.1 Å². The molecule has 1 saturated heterocycles. The molecule has 6 nitrogen and oxygen atoms in total. The summed E-state index contributed by atoms with van der Waals surface area (Å²) in [7, 11) is -3.51. The maximum atomic E-state index is 13.2. The SMILES string of the molecule is Cc1cc(N2CCN(S(=O)(=O)c3ccc4ccccc4c3)CC2)nc(C(C)C)n1. The van der Waals surface area contributed by atoms with E-state index in [9.17, 15) is 8.42 Å². The highest BCUT2D eigenvalue weighted by atomic mass is 32.2. The Morgan fingerprint density at radius 2 is 1.59 bits per heavy atom. The summed E-state index contributed by atoms with van der Waals surface area (Å²) in [6.07, 6.45) is 0. The van der Waals surface area contributed by atoms with Crippen LogP contribution in [0.25, 0.3) is 10.8 Å². The van der Waals surface area contributed by atoms with E-state index in [-0.39, 0.29) is 5.92 Å². The first-order valence-electron chi connectivity index (χ1n) is 9.94. The van der Waals surface area contributed by atoms with Crippen LogP contribution in [0.15, 0.2) is 53.4 Å². The highest BCUT2D eigenvalue weighted by Crippen LogP contribution is 2.24. The van der Waals surface area contributed by atoms with Crippen LogP contribution in [-0.4, -0.2) is 48.9 Å². The minimum absolute atomic E-state index is 0.253. The zero-order chi connectivity index (χ0) is 20.6. The van der Waals surface area contributed by atoms with Gasteiger partial charge in [-0.2, -0.15) is 4.31 Å². The summed E-state index contributed by atoms with van der Waals surface area (Å²) in [4.78, 5) is 11.7. The molecule has 1 aliphatic rings. The lowest BCUT2D eigenvalue weighted by atomic mass is 10.1. The normalized spacial score (nSPS) is 15.9.